The zero-order chi connectivity index (χ0) is 19.0. The van der Waals surface area contributed by atoms with E-state index in [-0.39, 0.29) is 11.3 Å². The Labute approximate surface area is 159 Å². The molecule has 4 rings (SSSR count). The van der Waals surface area contributed by atoms with E-state index in [1.54, 1.807) is 7.11 Å². The number of hydrogen-bond acceptors (Lipinski definition) is 3. The summed E-state index contributed by atoms with van der Waals surface area (Å²) in [7, 11) is 1.65. The van der Waals surface area contributed by atoms with E-state index in [1.165, 1.54) is 0 Å². The first-order chi connectivity index (χ1) is 13.0. The van der Waals surface area contributed by atoms with Gasteiger partial charge in [-0.1, -0.05) is 18.2 Å². The van der Waals surface area contributed by atoms with Crippen molar-refractivity contribution in [1.82, 2.24) is 14.9 Å². The van der Waals surface area contributed by atoms with E-state index in [0.717, 1.165) is 40.8 Å². The standard InChI is InChI=1S/C22H25N3O2/c1-15(2)25-14-24-19-12-16(4-9-20(19)25)13-23-21(26)22(10-11-22)17-5-7-18(27-3)8-6-17/h4-9,12,14-15H,10-11,13H2,1-3H3,(H,23,26). The van der Waals surface area contributed by atoms with Crippen LogP contribution in [0.4, 0.5) is 0 Å². The summed E-state index contributed by atoms with van der Waals surface area (Å²) >= 11 is 0. The molecule has 1 heterocycles. The summed E-state index contributed by atoms with van der Waals surface area (Å²) in [5.41, 5.74) is 3.83. The van der Waals surface area contributed by atoms with E-state index in [0.29, 0.717) is 12.6 Å². The molecule has 5 heteroatoms. The molecule has 0 spiro atoms. The highest BCUT2D eigenvalue weighted by atomic mass is 16.5. The lowest BCUT2D eigenvalue weighted by atomic mass is 9.95. The van der Waals surface area contributed by atoms with Crippen LogP contribution in [0.15, 0.2) is 48.8 Å². The predicted molar refractivity (Wildman–Crippen MR) is 106 cm³/mol. The highest BCUT2D eigenvalue weighted by Crippen LogP contribution is 2.48. The normalized spacial score (nSPS) is 15.1. The summed E-state index contributed by atoms with van der Waals surface area (Å²) in [6.07, 6.45) is 3.66. The summed E-state index contributed by atoms with van der Waals surface area (Å²) in [5.74, 6) is 0.907. The molecule has 3 aromatic rings. The van der Waals surface area contributed by atoms with Crippen molar-refractivity contribution in [1.29, 1.82) is 0 Å². The fourth-order valence-electron chi connectivity index (χ4n) is 3.63. The maximum Gasteiger partial charge on any atom is 0.230 e. The van der Waals surface area contributed by atoms with Crippen LogP contribution in [-0.2, 0) is 16.8 Å². The number of carbonyl (C=O) groups excluding carboxylic acids is 1. The zero-order valence-electron chi connectivity index (χ0n) is 16.0. The van der Waals surface area contributed by atoms with Gasteiger partial charge in [-0.15, -0.1) is 0 Å². The minimum atomic E-state index is -0.379. The van der Waals surface area contributed by atoms with Crippen molar-refractivity contribution >= 4 is 16.9 Å². The Balaban J connectivity index is 1.46. The quantitative estimate of drug-likeness (QED) is 0.721. The summed E-state index contributed by atoms with van der Waals surface area (Å²) in [6, 6.07) is 14.4. The molecule has 2 aromatic carbocycles. The first kappa shape index (κ1) is 17.6. The largest absolute Gasteiger partial charge is 0.497 e. The fraction of sp³-hybridized carbons (Fsp3) is 0.364. The van der Waals surface area contributed by atoms with Gasteiger partial charge in [0.15, 0.2) is 0 Å². The van der Waals surface area contributed by atoms with E-state index < -0.39 is 0 Å². The molecule has 0 bridgehead atoms. The summed E-state index contributed by atoms with van der Waals surface area (Å²) in [4.78, 5) is 17.3. The number of rotatable bonds is 6. The number of nitrogens with one attached hydrogen (secondary N) is 1. The lowest BCUT2D eigenvalue weighted by molar-refractivity contribution is -0.123. The minimum absolute atomic E-state index is 0.0977. The van der Waals surface area contributed by atoms with Crippen LogP contribution in [0.2, 0.25) is 0 Å². The Morgan fingerprint density at radius 2 is 1.96 bits per heavy atom. The van der Waals surface area contributed by atoms with E-state index in [9.17, 15) is 4.79 Å². The number of benzene rings is 2. The van der Waals surface area contributed by atoms with Crippen LogP contribution in [0.1, 0.15) is 43.9 Å². The molecule has 27 heavy (non-hydrogen) atoms. The molecular weight excluding hydrogens is 338 g/mol. The lowest BCUT2D eigenvalue weighted by Crippen LogP contribution is -2.34. The van der Waals surface area contributed by atoms with Crippen molar-refractivity contribution in [3.05, 3.63) is 59.9 Å². The van der Waals surface area contributed by atoms with E-state index in [4.69, 9.17) is 4.74 Å². The van der Waals surface area contributed by atoms with Gasteiger partial charge in [0, 0.05) is 12.6 Å². The zero-order valence-corrected chi connectivity index (χ0v) is 16.0. The number of carbonyl (C=O) groups is 1. The van der Waals surface area contributed by atoms with Gasteiger partial charge in [-0.2, -0.15) is 0 Å². The van der Waals surface area contributed by atoms with Crippen molar-refractivity contribution in [2.45, 2.75) is 44.7 Å². The second-order valence-electron chi connectivity index (χ2n) is 7.56. The van der Waals surface area contributed by atoms with Gasteiger partial charge in [-0.25, -0.2) is 4.98 Å². The fourth-order valence-corrected chi connectivity index (χ4v) is 3.63. The first-order valence-electron chi connectivity index (χ1n) is 9.42. The van der Waals surface area contributed by atoms with E-state index in [2.05, 4.69) is 46.9 Å². The van der Waals surface area contributed by atoms with Crippen LogP contribution < -0.4 is 10.1 Å². The average Bonchev–Trinajstić information content (AvgIpc) is 3.39. The highest BCUT2D eigenvalue weighted by Gasteiger charge is 2.51. The van der Waals surface area contributed by atoms with Crippen molar-refractivity contribution < 1.29 is 9.53 Å². The molecule has 1 saturated carbocycles. The lowest BCUT2D eigenvalue weighted by Gasteiger charge is -2.16. The highest BCUT2D eigenvalue weighted by molar-refractivity contribution is 5.91. The Hall–Kier alpha value is -2.82. The Morgan fingerprint density at radius 1 is 1.22 bits per heavy atom. The Morgan fingerprint density at radius 3 is 2.59 bits per heavy atom. The van der Waals surface area contributed by atoms with Gasteiger partial charge < -0.3 is 14.6 Å². The summed E-state index contributed by atoms with van der Waals surface area (Å²) < 4.78 is 7.36. The number of methoxy groups -OCH3 is 1. The maximum absolute atomic E-state index is 12.9. The molecule has 0 radical (unpaired) electrons. The minimum Gasteiger partial charge on any atom is -0.497 e. The number of imidazole rings is 1. The molecule has 5 nitrogen and oxygen atoms in total. The molecule has 1 aliphatic rings. The number of aromatic nitrogens is 2. The van der Waals surface area contributed by atoms with Gasteiger partial charge in [0.05, 0.1) is 29.9 Å². The smallest absolute Gasteiger partial charge is 0.230 e. The maximum atomic E-state index is 12.9. The van der Waals surface area contributed by atoms with Crippen LogP contribution in [-0.4, -0.2) is 22.6 Å². The third-order valence-electron chi connectivity index (χ3n) is 5.48. The van der Waals surface area contributed by atoms with Gasteiger partial charge in [0.2, 0.25) is 5.91 Å². The van der Waals surface area contributed by atoms with Crippen LogP contribution >= 0.6 is 0 Å². The first-order valence-corrected chi connectivity index (χ1v) is 9.42. The molecule has 1 amide bonds. The van der Waals surface area contributed by atoms with Gasteiger partial charge in [0.1, 0.15) is 5.75 Å². The molecule has 0 atom stereocenters. The molecule has 0 saturated heterocycles. The third kappa shape index (κ3) is 3.18. The summed E-state index contributed by atoms with van der Waals surface area (Å²) in [6.45, 7) is 4.80. The van der Waals surface area contributed by atoms with Crippen molar-refractivity contribution in [2.24, 2.45) is 0 Å². The van der Waals surface area contributed by atoms with Gasteiger partial charge in [-0.05, 0) is 62.1 Å². The topological polar surface area (TPSA) is 56.1 Å². The predicted octanol–water partition coefficient (Wildman–Crippen LogP) is 3.97. The molecule has 140 valence electrons. The van der Waals surface area contributed by atoms with Crippen LogP contribution in [0.25, 0.3) is 11.0 Å². The number of hydrogen-bond donors (Lipinski definition) is 1. The number of amides is 1. The SMILES string of the molecule is COc1ccc(C2(C(=O)NCc3ccc4c(c3)ncn4C(C)C)CC2)cc1. The Kier molecular flexibility index (Phi) is 4.38. The van der Waals surface area contributed by atoms with E-state index >= 15 is 0 Å². The van der Waals surface area contributed by atoms with Crippen LogP contribution in [0, 0.1) is 0 Å². The molecule has 1 aromatic heterocycles. The number of nitrogens with zero attached hydrogens (tertiary/aromatic N) is 2. The molecule has 0 aliphatic heterocycles. The van der Waals surface area contributed by atoms with Crippen LogP contribution in [0.5, 0.6) is 5.75 Å². The molecule has 1 aliphatic carbocycles. The second-order valence-corrected chi connectivity index (χ2v) is 7.56. The molecule has 1 fully saturated rings. The number of ether oxygens (including phenoxy) is 1. The van der Waals surface area contributed by atoms with E-state index in [1.807, 2.05) is 30.6 Å². The monoisotopic (exact) mass is 363 g/mol. The third-order valence-corrected chi connectivity index (χ3v) is 5.48. The second kappa shape index (κ2) is 6.72. The van der Waals surface area contributed by atoms with Crippen molar-refractivity contribution in [2.75, 3.05) is 7.11 Å². The van der Waals surface area contributed by atoms with Gasteiger partial charge >= 0.3 is 0 Å². The molecule has 1 N–H and O–H groups in total. The molecule has 0 unspecified atom stereocenters. The van der Waals surface area contributed by atoms with Crippen molar-refractivity contribution in [3.63, 3.8) is 0 Å². The Bertz CT molecular complexity index is 969. The van der Waals surface area contributed by atoms with Gasteiger partial charge in [0.25, 0.3) is 0 Å². The van der Waals surface area contributed by atoms with Gasteiger partial charge in [-0.3, -0.25) is 4.79 Å². The van der Waals surface area contributed by atoms with Crippen molar-refractivity contribution in [3.8, 4) is 5.75 Å². The number of fused-ring (bicyclic) bond motifs is 1. The van der Waals surface area contributed by atoms with Crippen LogP contribution in [0.3, 0.4) is 0 Å². The summed E-state index contributed by atoms with van der Waals surface area (Å²) in [5, 5.41) is 3.12. The average molecular weight is 363 g/mol. The molecular formula is C22H25N3O2.